The van der Waals surface area contributed by atoms with Gasteiger partial charge in [0.05, 0.1) is 6.04 Å². The van der Waals surface area contributed by atoms with Gasteiger partial charge in [-0.2, -0.15) is 0 Å². The zero-order valence-electron chi connectivity index (χ0n) is 12.4. The molecule has 0 amide bonds. The van der Waals surface area contributed by atoms with Gasteiger partial charge >= 0.3 is 0 Å². The van der Waals surface area contributed by atoms with Crippen LogP contribution in [0.4, 0.5) is 0 Å². The third-order valence-corrected chi connectivity index (χ3v) is 4.35. The minimum atomic E-state index is 0.249. The largest absolute Gasteiger partial charge is 0.309 e. The summed E-state index contributed by atoms with van der Waals surface area (Å²) >= 11 is 3.49. The molecule has 0 spiro atoms. The molecular formula is C18H22BrN. The van der Waals surface area contributed by atoms with Crippen LogP contribution in [0.1, 0.15) is 42.1 Å². The lowest BCUT2D eigenvalue weighted by molar-refractivity contribution is 0.690. The van der Waals surface area contributed by atoms with Crippen LogP contribution in [0, 0.1) is 0 Å². The van der Waals surface area contributed by atoms with Crippen LogP contribution in [0.5, 0.6) is 0 Å². The van der Waals surface area contributed by atoms with Crippen molar-refractivity contribution in [3.8, 4) is 0 Å². The molecule has 2 rings (SSSR count). The molecule has 2 heteroatoms. The predicted molar refractivity (Wildman–Crippen MR) is 90.2 cm³/mol. The maximum Gasteiger partial charge on any atom is 0.0574 e. The third kappa shape index (κ3) is 3.31. The van der Waals surface area contributed by atoms with Gasteiger partial charge in [-0.15, -0.1) is 0 Å². The number of rotatable bonds is 5. The highest BCUT2D eigenvalue weighted by Crippen LogP contribution is 2.25. The molecule has 2 aromatic rings. The van der Waals surface area contributed by atoms with Crippen molar-refractivity contribution in [2.24, 2.45) is 0 Å². The number of aryl methyl sites for hydroxylation is 2. The number of nitrogens with one attached hydrogen (secondary N) is 1. The summed E-state index contributed by atoms with van der Waals surface area (Å²) in [4.78, 5) is 0. The van der Waals surface area contributed by atoms with Crippen LogP contribution in [0.3, 0.4) is 0 Å². The quantitative estimate of drug-likeness (QED) is 0.823. The summed E-state index contributed by atoms with van der Waals surface area (Å²) in [6, 6.07) is 15.7. The molecule has 1 atom stereocenters. The number of halogens is 1. The Hall–Kier alpha value is -1.12. The molecule has 20 heavy (non-hydrogen) atoms. The van der Waals surface area contributed by atoms with E-state index in [9.17, 15) is 0 Å². The van der Waals surface area contributed by atoms with Crippen LogP contribution in [-0.2, 0) is 12.8 Å². The maximum atomic E-state index is 3.49. The lowest BCUT2D eigenvalue weighted by Crippen LogP contribution is -2.18. The summed E-state index contributed by atoms with van der Waals surface area (Å²) in [6.45, 7) is 4.45. The molecule has 0 radical (unpaired) electrons. The van der Waals surface area contributed by atoms with E-state index in [1.165, 1.54) is 22.3 Å². The highest BCUT2D eigenvalue weighted by Gasteiger charge is 2.13. The Morgan fingerprint density at radius 3 is 2.05 bits per heavy atom. The van der Waals surface area contributed by atoms with Gasteiger partial charge in [-0.3, -0.25) is 0 Å². The first kappa shape index (κ1) is 15.3. The summed E-state index contributed by atoms with van der Waals surface area (Å²) in [7, 11) is 2.02. The van der Waals surface area contributed by atoms with Gasteiger partial charge in [0.1, 0.15) is 0 Å². The number of benzene rings is 2. The highest BCUT2D eigenvalue weighted by atomic mass is 79.9. The van der Waals surface area contributed by atoms with Crippen molar-refractivity contribution in [1.29, 1.82) is 0 Å². The lowest BCUT2D eigenvalue weighted by atomic mass is 9.93. The van der Waals surface area contributed by atoms with Crippen LogP contribution in [0.2, 0.25) is 0 Å². The van der Waals surface area contributed by atoms with E-state index in [4.69, 9.17) is 0 Å². The van der Waals surface area contributed by atoms with E-state index in [0.29, 0.717) is 0 Å². The fourth-order valence-corrected chi connectivity index (χ4v) is 2.94. The Labute approximate surface area is 130 Å². The van der Waals surface area contributed by atoms with Gasteiger partial charge in [-0.05, 0) is 54.3 Å². The molecular weight excluding hydrogens is 310 g/mol. The van der Waals surface area contributed by atoms with Gasteiger partial charge in [0.25, 0.3) is 0 Å². The molecule has 1 nitrogen and oxygen atoms in total. The molecule has 0 heterocycles. The standard InChI is InChI=1S/C18H22BrN/c1-4-13-6-7-16(12-14(13)5-2)18(20-3)15-8-10-17(19)11-9-15/h6-12,18,20H,4-5H2,1-3H3. The second kappa shape index (κ2) is 7.05. The number of hydrogen-bond donors (Lipinski definition) is 1. The van der Waals surface area contributed by atoms with E-state index >= 15 is 0 Å². The molecule has 0 bridgehead atoms. The normalized spacial score (nSPS) is 12.4. The van der Waals surface area contributed by atoms with Crippen molar-refractivity contribution in [3.63, 3.8) is 0 Å². The summed E-state index contributed by atoms with van der Waals surface area (Å²) in [6.07, 6.45) is 2.19. The first-order valence-corrected chi connectivity index (χ1v) is 8.03. The van der Waals surface area contributed by atoms with E-state index in [2.05, 4.69) is 77.6 Å². The van der Waals surface area contributed by atoms with Gasteiger partial charge in [-0.1, -0.05) is 60.1 Å². The van der Waals surface area contributed by atoms with Gasteiger partial charge in [0.2, 0.25) is 0 Å². The van der Waals surface area contributed by atoms with Crippen molar-refractivity contribution in [1.82, 2.24) is 5.32 Å². The highest BCUT2D eigenvalue weighted by molar-refractivity contribution is 9.10. The summed E-state index contributed by atoms with van der Waals surface area (Å²) in [5.74, 6) is 0. The lowest BCUT2D eigenvalue weighted by Gasteiger charge is -2.19. The molecule has 0 saturated heterocycles. The van der Waals surface area contributed by atoms with Crippen LogP contribution in [0.15, 0.2) is 46.9 Å². The Bertz CT molecular complexity index is 560. The monoisotopic (exact) mass is 331 g/mol. The average molecular weight is 332 g/mol. The van der Waals surface area contributed by atoms with E-state index in [1.807, 2.05) is 7.05 Å². The van der Waals surface area contributed by atoms with Crippen LogP contribution < -0.4 is 5.32 Å². The Balaban J connectivity index is 2.39. The Morgan fingerprint density at radius 1 is 0.900 bits per heavy atom. The first-order valence-electron chi connectivity index (χ1n) is 7.24. The summed E-state index contributed by atoms with van der Waals surface area (Å²) in [5.41, 5.74) is 5.55. The third-order valence-electron chi connectivity index (χ3n) is 3.82. The molecule has 1 N–H and O–H groups in total. The molecule has 0 aliphatic carbocycles. The minimum absolute atomic E-state index is 0.249. The molecule has 0 fully saturated rings. The topological polar surface area (TPSA) is 12.0 Å². The smallest absolute Gasteiger partial charge is 0.0574 e. The zero-order valence-corrected chi connectivity index (χ0v) is 14.0. The first-order chi connectivity index (χ1) is 9.69. The van der Waals surface area contributed by atoms with Crippen molar-refractivity contribution < 1.29 is 0 Å². The van der Waals surface area contributed by atoms with Crippen molar-refractivity contribution in [3.05, 3.63) is 69.2 Å². The molecule has 0 aromatic heterocycles. The van der Waals surface area contributed by atoms with E-state index in [-0.39, 0.29) is 6.04 Å². The van der Waals surface area contributed by atoms with Crippen LogP contribution in [-0.4, -0.2) is 7.05 Å². The average Bonchev–Trinajstić information content (AvgIpc) is 2.49. The molecule has 1 unspecified atom stereocenters. The fourth-order valence-electron chi connectivity index (χ4n) is 2.68. The molecule has 0 saturated carbocycles. The minimum Gasteiger partial charge on any atom is -0.309 e. The van der Waals surface area contributed by atoms with E-state index < -0.39 is 0 Å². The molecule has 2 aromatic carbocycles. The Kier molecular flexibility index (Phi) is 5.38. The van der Waals surface area contributed by atoms with Crippen LogP contribution in [0.25, 0.3) is 0 Å². The summed E-state index contributed by atoms with van der Waals surface area (Å²) in [5, 5.41) is 3.43. The van der Waals surface area contributed by atoms with Crippen molar-refractivity contribution in [2.75, 3.05) is 7.05 Å². The van der Waals surface area contributed by atoms with E-state index in [1.54, 1.807) is 0 Å². The second-order valence-corrected chi connectivity index (χ2v) is 5.92. The SMILES string of the molecule is CCc1ccc(C(NC)c2ccc(Br)cc2)cc1CC. The van der Waals surface area contributed by atoms with Gasteiger partial charge < -0.3 is 5.32 Å². The number of hydrogen-bond acceptors (Lipinski definition) is 1. The van der Waals surface area contributed by atoms with Crippen molar-refractivity contribution >= 4 is 15.9 Å². The second-order valence-electron chi connectivity index (χ2n) is 5.01. The predicted octanol–water partition coefficient (Wildman–Crippen LogP) is 4.88. The van der Waals surface area contributed by atoms with E-state index in [0.717, 1.165) is 17.3 Å². The van der Waals surface area contributed by atoms with Crippen molar-refractivity contribution in [2.45, 2.75) is 32.7 Å². The maximum absolute atomic E-state index is 3.49. The van der Waals surface area contributed by atoms with Gasteiger partial charge in [0, 0.05) is 4.47 Å². The van der Waals surface area contributed by atoms with Crippen LogP contribution >= 0.6 is 15.9 Å². The van der Waals surface area contributed by atoms with Gasteiger partial charge in [-0.25, -0.2) is 0 Å². The molecule has 106 valence electrons. The molecule has 0 aliphatic heterocycles. The summed E-state index contributed by atoms with van der Waals surface area (Å²) < 4.78 is 1.12. The Morgan fingerprint density at radius 2 is 1.50 bits per heavy atom. The molecule has 0 aliphatic rings. The van der Waals surface area contributed by atoms with Gasteiger partial charge in [0.15, 0.2) is 0 Å². The zero-order chi connectivity index (χ0) is 14.5. The fraction of sp³-hybridized carbons (Fsp3) is 0.333.